The number of hydrogen-bond acceptors (Lipinski definition) is 7. The van der Waals surface area contributed by atoms with Crippen molar-refractivity contribution in [1.82, 2.24) is 14.5 Å². The Morgan fingerprint density at radius 1 is 1.13 bits per heavy atom. The zero-order valence-electron chi connectivity index (χ0n) is 21.8. The Bertz CT molecular complexity index is 1680. The minimum Gasteiger partial charge on any atom is -0.477 e. The lowest BCUT2D eigenvalue weighted by molar-refractivity contribution is 0.0633. The third-order valence-electron chi connectivity index (χ3n) is 6.28. The molecule has 11 heteroatoms. The molecule has 0 radical (unpaired) electrons. The highest BCUT2D eigenvalue weighted by Crippen LogP contribution is 2.36. The number of fused-ring (bicyclic) bond motifs is 2. The average Bonchev–Trinajstić information content (AvgIpc) is 3.27. The molecule has 0 spiro atoms. The Morgan fingerprint density at radius 3 is 2.56 bits per heavy atom. The fourth-order valence-corrected chi connectivity index (χ4v) is 4.87. The first-order chi connectivity index (χ1) is 18.4. The van der Waals surface area contributed by atoms with Crippen molar-refractivity contribution in [3.63, 3.8) is 0 Å². The Kier molecular flexibility index (Phi) is 6.51. The number of aryl methyl sites for hydroxylation is 1. The number of carbonyl (C=O) groups is 2. The number of pyridine rings is 3. The van der Waals surface area contributed by atoms with E-state index in [9.17, 15) is 19.5 Å². The highest BCUT2D eigenvalue weighted by atomic mass is 35.5. The summed E-state index contributed by atoms with van der Waals surface area (Å²) < 4.78 is 6.90. The number of nitrogens with one attached hydrogen (secondary N) is 1. The van der Waals surface area contributed by atoms with Crippen LogP contribution in [-0.4, -0.2) is 37.3 Å². The molecule has 0 fully saturated rings. The van der Waals surface area contributed by atoms with Crippen LogP contribution >= 0.6 is 11.6 Å². The molecule has 4 heterocycles. The van der Waals surface area contributed by atoms with E-state index >= 15 is 0 Å². The molecule has 0 bridgehead atoms. The van der Waals surface area contributed by atoms with Crippen LogP contribution in [0.2, 0.25) is 5.02 Å². The Balaban J connectivity index is 1.62. The number of hydrogen-bond donors (Lipinski definition) is 2. The van der Waals surface area contributed by atoms with Crippen molar-refractivity contribution < 1.29 is 19.4 Å². The van der Waals surface area contributed by atoms with Gasteiger partial charge in [0.2, 0.25) is 5.43 Å². The fourth-order valence-electron chi connectivity index (χ4n) is 4.58. The maximum absolute atomic E-state index is 13.1. The second kappa shape index (κ2) is 9.70. The SMILES string of the molecule is Cc1nc(NC(=O)OC(C)(C)C)ccc1-n1cc(C(=O)O)c(=O)c2cc(Cl)c(N3Cc4cccnc4C3)cc21. The molecule has 1 aliphatic heterocycles. The molecule has 5 rings (SSSR count). The van der Waals surface area contributed by atoms with Gasteiger partial charge in [-0.3, -0.25) is 15.1 Å². The van der Waals surface area contributed by atoms with Crippen molar-refractivity contribution in [2.75, 3.05) is 10.2 Å². The van der Waals surface area contributed by atoms with Crippen molar-refractivity contribution in [2.24, 2.45) is 0 Å². The van der Waals surface area contributed by atoms with Crippen LogP contribution in [0.1, 0.15) is 48.1 Å². The zero-order valence-corrected chi connectivity index (χ0v) is 22.5. The lowest BCUT2D eigenvalue weighted by Gasteiger charge is -2.22. The van der Waals surface area contributed by atoms with Crippen LogP contribution in [0.3, 0.4) is 0 Å². The number of carbonyl (C=O) groups excluding carboxylic acids is 1. The van der Waals surface area contributed by atoms with Gasteiger partial charge in [-0.25, -0.2) is 14.6 Å². The van der Waals surface area contributed by atoms with Crippen molar-refractivity contribution >= 4 is 46.1 Å². The molecule has 200 valence electrons. The minimum absolute atomic E-state index is 0.161. The van der Waals surface area contributed by atoms with E-state index in [2.05, 4.69) is 20.2 Å². The van der Waals surface area contributed by atoms with Crippen LogP contribution in [0.15, 0.2) is 53.6 Å². The van der Waals surface area contributed by atoms with Gasteiger partial charge in [-0.15, -0.1) is 0 Å². The van der Waals surface area contributed by atoms with Crippen LogP contribution in [0.25, 0.3) is 16.6 Å². The van der Waals surface area contributed by atoms with Crippen LogP contribution in [-0.2, 0) is 17.8 Å². The van der Waals surface area contributed by atoms with Crippen molar-refractivity contribution in [3.8, 4) is 5.69 Å². The molecule has 10 nitrogen and oxygen atoms in total. The second-order valence-electron chi connectivity index (χ2n) is 10.3. The molecule has 0 saturated carbocycles. The van der Waals surface area contributed by atoms with Gasteiger partial charge >= 0.3 is 12.1 Å². The van der Waals surface area contributed by atoms with E-state index in [-0.39, 0.29) is 11.2 Å². The molecular weight excluding hydrogens is 522 g/mol. The van der Waals surface area contributed by atoms with Crippen LogP contribution < -0.4 is 15.6 Å². The summed E-state index contributed by atoms with van der Waals surface area (Å²) in [5, 5.41) is 12.8. The summed E-state index contributed by atoms with van der Waals surface area (Å²) in [7, 11) is 0. The predicted octanol–water partition coefficient (Wildman–Crippen LogP) is 5.31. The van der Waals surface area contributed by atoms with Gasteiger partial charge in [0.1, 0.15) is 17.0 Å². The Hall–Kier alpha value is -4.44. The topological polar surface area (TPSA) is 127 Å². The van der Waals surface area contributed by atoms with E-state index in [4.69, 9.17) is 16.3 Å². The summed E-state index contributed by atoms with van der Waals surface area (Å²) in [5.41, 5.74) is 2.48. The highest BCUT2D eigenvalue weighted by Gasteiger charge is 2.25. The summed E-state index contributed by atoms with van der Waals surface area (Å²) in [6, 6.07) is 10.4. The van der Waals surface area contributed by atoms with Crippen molar-refractivity contribution in [1.29, 1.82) is 0 Å². The molecule has 0 saturated heterocycles. The monoisotopic (exact) mass is 547 g/mol. The number of aromatic carboxylic acids is 1. The molecule has 0 atom stereocenters. The number of anilines is 2. The highest BCUT2D eigenvalue weighted by molar-refractivity contribution is 6.34. The number of aromatic nitrogens is 3. The molecule has 1 aromatic carbocycles. The number of nitrogens with zero attached hydrogens (tertiary/aromatic N) is 4. The molecule has 1 aliphatic rings. The number of carboxylic acid groups (broad SMARTS) is 1. The minimum atomic E-state index is -1.36. The quantitative estimate of drug-likeness (QED) is 0.352. The normalized spacial score (nSPS) is 12.9. The molecule has 0 unspecified atom stereocenters. The van der Waals surface area contributed by atoms with E-state index in [0.717, 1.165) is 11.3 Å². The number of amides is 1. The summed E-state index contributed by atoms with van der Waals surface area (Å²) in [6.07, 6.45) is 2.38. The number of halogens is 1. The summed E-state index contributed by atoms with van der Waals surface area (Å²) in [5.74, 6) is -1.09. The van der Waals surface area contributed by atoms with E-state index in [1.165, 1.54) is 12.3 Å². The van der Waals surface area contributed by atoms with Crippen LogP contribution in [0, 0.1) is 6.92 Å². The summed E-state index contributed by atoms with van der Waals surface area (Å²) in [6.45, 7) is 8.14. The van der Waals surface area contributed by atoms with E-state index in [1.54, 1.807) is 56.7 Å². The van der Waals surface area contributed by atoms with Gasteiger partial charge in [-0.05, 0) is 63.6 Å². The third-order valence-corrected chi connectivity index (χ3v) is 6.58. The third kappa shape index (κ3) is 5.15. The first-order valence-electron chi connectivity index (χ1n) is 12.2. The number of carboxylic acids is 1. The summed E-state index contributed by atoms with van der Waals surface area (Å²) in [4.78, 5) is 48.3. The average molecular weight is 548 g/mol. The van der Waals surface area contributed by atoms with E-state index < -0.39 is 28.7 Å². The number of rotatable bonds is 4. The molecule has 4 aromatic rings. The lowest BCUT2D eigenvalue weighted by atomic mass is 10.1. The summed E-state index contributed by atoms with van der Waals surface area (Å²) >= 11 is 6.65. The number of ether oxygens (including phenoxy) is 1. The van der Waals surface area contributed by atoms with E-state index in [0.29, 0.717) is 40.7 Å². The van der Waals surface area contributed by atoms with E-state index in [1.807, 2.05) is 12.1 Å². The Morgan fingerprint density at radius 2 is 1.90 bits per heavy atom. The smallest absolute Gasteiger partial charge is 0.413 e. The fraction of sp³-hybridized carbons (Fsp3) is 0.250. The maximum Gasteiger partial charge on any atom is 0.413 e. The van der Waals surface area contributed by atoms with Crippen LogP contribution in [0.5, 0.6) is 0 Å². The Labute approximate surface area is 228 Å². The van der Waals surface area contributed by atoms with Gasteiger partial charge in [0.15, 0.2) is 0 Å². The lowest BCUT2D eigenvalue weighted by Crippen LogP contribution is -2.27. The first-order valence-corrected chi connectivity index (χ1v) is 12.6. The first kappa shape index (κ1) is 26.2. The maximum atomic E-state index is 13.1. The standard InChI is InChI=1S/C28H26ClN5O5/c1-15-21(7-8-24(31-15)32-27(38)39-28(2,3)4)34-13-18(26(36)37)25(35)17-10-19(29)23(11-22(17)34)33-12-16-6-5-9-30-20(16)14-33/h5-11,13H,12,14H2,1-4H3,(H,36,37)(H,31,32,38). The molecule has 2 N–H and O–H groups in total. The second-order valence-corrected chi connectivity index (χ2v) is 10.7. The molecule has 39 heavy (non-hydrogen) atoms. The van der Waals surface area contributed by atoms with Gasteiger partial charge in [0.25, 0.3) is 0 Å². The van der Waals surface area contributed by atoms with Crippen molar-refractivity contribution in [3.05, 3.63) is 86.6 Å². The largest absolute Gasteiger partial charge is 0.477 e. The van der Waals surface area contributed by atoms with Gasteiger partial charge in [0.05, 0.1) is 39.8 Å². The van der Waals surface area contributed by atoms with Gasteiger partial charge in [0, 0.05) is 24.3 Å². The van der Waals surface area contributed by atoms with Gasteiger partial charge in [-0.2, -0.15) is 0 Å². The van der Waals surface area contributed by atoms with Gasteiger partial charge < -0.3 is 19.3 Å². The number of benzene rings is 1. The zero-order chi connectivity index (χ0) is 28.1. The molecule has 0 aliphatic carbocycles. The predicted molar refractivity (Wildman–Crippen MR) is 148 cm³/mol. The molecule has 3 aromatic heterocycles. The van der Waals surface area contributed by atoms with Crippen LogP contribution in [0.4, 0.5) is 16.3 Å². The van der Waals surface area contributed by atoms with Crippen molar-refractivity contribution in [2.45, 2.75) is 46.4 Å². The molecular formula is C28H26ClN5O5. The van der Waals surface area contributed by atoms with Gasteiger partial charge in [-0.1, -0.05) is 17.7 Å². The molecule has 1 amide bonds.